The maximum absolute atomic E-state index is 13.0. The van der Waals surface area contributed by atoms with Gasteiger partial charge in [0.25, 0.3) is 0 Å². The fourth-order valence-corrected chi connectivity index (χ4v) is 2.51. The van der Waals surface area contributed by atoms with E-state index < -0.39 is 11.3 Å². The smallest absolute Gasteiger partial charge is 0.247 e. The molecule has 2 aromatic carbocycles. The quantitative estimate of drug-likeness (QED) is 0.591. The number of primary amides is 1. The Morgan fingerprint density at radius 2 is 1.43 bits per heavy atom. The zero-order valence-corrected chi connectivity index (χ0v) is 12.4. The average Bonchev–Trinajstić information content (AvgIpc) is 3.33. The van der Waals surface area contributed by atoms with Crippen LogP contribution in [-0.2, 0) is 9.59 Å². The number of nitrogens with zero attached hydrogens (tertiary/aromatic N) is 1. The highest BCUT2D eigenvalue weighted by Gasteiger charge is 2.57. The van der Waals surface area contributed by atoms with E-state index >= 15 is 0 Å². The lowest BCUT2D eigenvalue weighted by Crippen LogP contribution is -2.41. The van der Waals surface area contributed by atoms with Crippen molar-refractivity contribution in [2.75, 3.05) is 10.6 Å². The highest BCUT2D eigenvalue weighted by Crippen LogP contribution is 2.49. The second-order valence-electron chi connectivity index (χ2n) is 5.69. The number of aromatic hydroxyl groups is 1. The zero-order chi connectivity index (χ0) is 16.6. The van der Waals surface area contributed by atoms with Crippen LogP contribution < -0.4 is 16.4 Å². The average molecular weight is 311 g/mol. The molecule has 1 aliphatic carbocycles. The molecule has 0 radical (unpaired) electrons. The number of hydrogen-bond acceptors (Lipinski definition) is 4. The number of anilines is 3. The molecular weight excluding hydrogens is 294 g/mol. The van der Waals surface area contributed by atoms with E-state index in [1.807, 2.05) is 0 Å². The first-order chi connectivity index (χ1) is 10.9. The number of carbonyl (C=O) groups excluding carboxylic acids is 2. The normalized spacial score (nSPS) is 15.0. The van der Waals surface area contributed by atoms with E-state index in [2.05, 4.69) is 0 Å². The summed E-state index contributed by atoms with van der Waals surface area (Å²) >= 11 is 0. The molecule has 3 rings (SSSR count). The van der Waals surface area contributed by atoms with Gasteiger partial charge in [-0.1, -0.05) is 0 Å². The number of nitrogens with two attached hydrogens (primary N) is 2. The number of phenolic OH excluding ortho intramolecular Hbond substituents is 1. The van der Waals surface area contributed by atoms with Crippen molar-refractivity contribution in [1.29, 1.82) is 0 Å². The molecule has 23 heavy (non-hydrogen) atoms. The molecule has 0 spiro atoms. The Bertz CT molecular complexity index is 704. The number of amides is 2. The fourth-order valence-electron chi connectivity index (χ4n) is 2.51. The van der Waals surface area contributed by atoms with Crippen molar-refractivity contribution >= 4 is 28.9 Å². The Morgan fingerprint density at radius 1 is 0.957 bits per heavy atom. The van der Waals surface area contributed by atoms with E-state index in [1.54, 1.807) is 36.4 Å². The van der Waals surface area contributed by atoms with Crippen LogP contribution in [0.5, 0.6) is 5.75 Å². The third-order valence-corrected chi connectivity index (χ3v) is 4.09. The highest BCUT2D eigenvalue weighted by atomic mass is 16.3. The molecule has 6 heteroatoms. The van der Waals surface area contributed by atoms with Gasteiger partial charge in [-0.05, 0) is 61.4 Å². The number of phenols is 1. The maximum Gasteiger partial charge on any atom is 0.247 e. The molecule has 0 unspecified atom stereocenters. The summed E-state index contributed by atoms with van der Waals surface area (Å²) < 4.78 is 0. The molecule has 0 heterocycles. The summed E-state index contributed by atoms with van der Waals surface area (Å²) in [6, 6.07) is 13.0. The van der Waals surface area contributed by atoms with Crippen molar-refractivity contribution in [3.05, 3.63) is 48.5 Å². The van der Waals surface area contributed by atoms with Crippen LogP contribution in [0.4, 0.5) is 17.1 Å². The zero-order valence-electron chi connectivity index (χ0n) is 12.4. The van der Waals surface area contributed by atoms with Crippen molar-refractivity contribution in [2.24, 2.45) is 11.1 Å². The van der Waals surface area contributed by atoms with E-state index in [4.69, 9.17) is 11.5 Å². The third kappa shape index (κ3) is 2.59. The lowest BCUT2D eigenvalue weighted by molar-refractivity contribution is -0.133. The molecule has 1 saturated carbocycles. The van der Waals surface area contributed by atoms with Crippen molar-refractivity contribution in [2.45, 2.75) is 12.8 Å². The molecule has 0 saturated heterocycles. The molecule has 2 amide bonds. The summed E-state index contributed by atoms with van der Waals surface area (Å²) in [5, 5.41) is 9.45. The Balaban J connectivity index is 2.06. The van der Waals surface area contributed by atoms with Crippen LogP contribution >= 0.6 is 0 Å². The Labute approximate surface area is 133 Å². The standard InChI is InChI=1S/C17H17N3O3/c18-11-1-3-12(4-2-11)20(13-5-7-14(21)8-6-13)16(23)17(9-10-17)15(19)22/h1-8,21H,9-10,18H2,(H2,19,22). The minimum Gasteiger partial charge on any atom is -0.508 e. The van der Waals surface area contributed by atoms with Crippen molar-refractivity contribution in [3.63, 3.8) is 0 Å². The number of rotatable bonds is 4. The SMILES string of the molecule is NC(=O)C1(C(=O)N(c2ccc(N)cc2)c2ccc(O)cc2)CC1. The molecule has 0 bridgehead atoms. The van der Waals surface area contributed by atoms with Gasteiger partial charge in [-0.3, -0.25) is 14.5 Å². The predicted molar refractivity (Wildman–Crippen MR) is 87.0 cm³/mol. The van der Waals surface area contributed by atoms with Gasteiger partial charge in [-0.2, -0.15) is 0 Å². The Kier molecular flexibility index (Phi) is 3.44. The third-order valence-electron chi connectivity index (χ3n) is 4.09. The molecular formula is C17H17N3O3. The molecule has 1 fully saturated rings. The number of carbonyl (C=O) groups is 2. The van der Waals surface area contributed by atoms with Crippen LogP contribution in [0.3, 0.4) is 0 Å². The first-order valence-electron chi connectivity index (χ1n) is 7.23. The summed E-state index contributed by atoms with van der Waals surface area (Å²) in [4.78, 5) is 26.1. The molecule has 0 aromatic heterocycles. The van der Waals surface area contributed by atoms with Gasteiger partial charge in [0.1, 0.15) is 11.2 Å². The molecule has 0 aliphatic heterocycles. The first kappa shape index (κ1) is 14.9. The second-order valence-corrected chi connectivity index (χ2v) is 5.69. The van der Waals surface area contributed by atoms with Gasteiger partial charge in [-0.15, -0.1) is 0 Å². The Morgan fingerprint density at radius 3 is 1.87 bits per heavy atom. The lowest BCUT2D eigenvalue weighted by atomic mass is 10.0. The monoisotopic (exact) mass is 311 g/mol. The largest absolute Gasteiger partial charge is 0.508 e. The van der Waals surface area contributed by atoms with Crippen LogP contribution in [0.25, 0.3) is 0 Å². The van der Waals surface area contributed by atoms with E-state index in [1.165, 1.54) is 17.0 Å². The van der Waals surface area contributed by atoms with Gasteiger partial charge < -0.3 is 16.6 Å². The summed E-state index contributed by atoms with van der Waals surface area (Å²) in [6.45, 7) is 0. The molecule has 118 valence electrons. The molecule has 1 aliphatic rings. The van der Waals surface area contributed by atoms with Crippen molar-refractivity contribution < 1.29 is 14.7 Å². The van der Waals surface area contributed by atoms with Gasteiger partial charge in [-0.25, -0.2) is 0 Å². The first-order valence-corrected chi connectivity index (χ1v) is 7.23. The lowest BCUT2D eigenvalue weighted by Gasteiger charge is -2.26. The van der Waals surface area contributed by atoms with E-state index in [9.17, 15) is 14.7 Å². The van der Waals surface area contributed by atoms with Crippen LogP contribution in [0, 0.1) is 5.41 Å². The van der Waals surface area contributed by atoms with Gasteiger partial charge in [0.2, 0.25) is 11.8 Å². The minimum absolute atomic E-state index is 0.0921. The van der Waals surface area contributed by atoms with E-state index in [0.717, 1.165) is 0 Å². The van der Waals surface area contributed by atoms with Crippen molar-refractivity contribution in [3.8, 4) is 5.75 Å². The van der Waals surface area contributed by atoms with E-state index in [-0.39, 0.29) is 11.7 Å². The topological polar surface area (TPSA) is 110 Å². The fraction of sp³-hybridized carbons (Fsp3) is 0.176. The number of nitrogen functional groups attached to an aromatic ring is 1. The Hall–Kier alpha value is -3.02. The van der Waals surface area contributed by atoms with Crippen LogP contribution in [0.15, 0.2) is 48.5 Å². The summed E-state index contributed by atoms with van der Waals surface area (Å²) in [5.74, 6) is -0.878. The van der Waals surface area contributed by atoms with Crippen LogP contribution in [-0.4, -0.2) is 16.9 Å². The second kappa shape index (κ2) is 5.31. The van der Waals surface area contributed by atoms with Crippen LogP contribution in [0.1, 0.15) is 12.8 Å². The summed E-state index contributed by atoms with van der Waals surface area (Å²) in [6.07, 6.45) is 0.898. The van der Waals surface area contributed by atoms with Gasteiger partial charge in [0.05, 0.1) is 0 Å². The minimum atomic E-state index is -1.14. The molecule has 0 atom stereocenters. The highest BCUT2D eigenvalue weighted by molar-refractivity contribution is 6.16. The molecule has 2 aromatic rings. The van der Waals surface area contributed by atoms with Gasteiger partial charge >= 0.3 is 0 Å². The molecule has 6 nitrogen and oxygen atoms in total. The van der Waals surface area contributed by atoms with Crippen molar-refractivity contribution in [1.82, 2.24) is 0 Å². The van der Waals surface area contributed by atoms with E-state index in [0.29, 0.717) is 29.9 Å². The number of hydrogen-bond donors (Lipinski definition) is 3. The predicted octanol–water partition coefficient (Wildman–Crippen LogP) is 1.90. The van der Waals surface area contributed by atoms with Gasteiger partial charge in [0, 0.05) is 17.1 Å². The maximum atomic E-state index is 13.0. The summed E-state index contributed by atoms with van der Waals surface area (Å²) in [5.41, 5.74) is 11.7. The number of benzene rings is 2. The van der Waals surface area contributed by atoms with Crippen LogP contribution in [0.2, 0.25) is 0 Å². The van der Waals surface area contributed by atoms with Gasteiger partial charge in [0.15, 0.2) is 0 Å². The molecule has 5 N–H and O–H groups in total. The summed E-state index contributed by atoms with van der Waals surface area (Å²) in [7, 11) is 0.